The number of nitro groups is 1. The molecule has 3 aromatic carbocycles. The largest absolute Gasteiger partial charge is 0.486 e. The summed E-state index contributed by atoms with van der Waals surface area (Å²) in [6.07, 6.45) is -0.437. The van der Waals surface area contributed by atoms with Crippen molar-refractivity contribution < 1.29 is 32.7 Å². The van der Waals surface area contributed by atoms with Crippen molar-refractivity contribution in [2.75, 3.05) is 44.3 Å². The first kappa shape index (κ1) is 25.1. The van der Waals surface area contributed by atoms with Gasteiger partial charge in [-0.2, -0.15) is 0 Å². The van der Waals surface area contributed by atoms with Crippen molar-refractivity contribution in [2.24, 2.45) is 0 Å². The van der Waals surface area contributed by atoms with Gasteiger partial charge >= 0.3 is 5.97 Å². The van der Waals surface area contributed by atoms with E-state index in [1.807, 2.05) is 18.2 Å². The Labute approximate surface area is 222 Å². The highest BCUT2D eigenvalue weighted by molar-refractivity contribution is 5.90. The number of hydrogen-bond acceptors (Lipinski definition) is 8. The van der Waals surface area contributed by atoms with Gasteiger partial charge in [0, 0.05) is 43.9 Å². The van der Waals surface area contributed by atoms with E-state index in [1.165, 1.54) is 30.3 Å². The van der Waals surface area contributed by atoms with Gasteiger partial charge in [0.25, 0.3) is 5.69 Å². The molecule has 11 heteroatoms. The lowest BCUT2D eigenvalue weighted by Crippen LogP contribution is -2.52. The van der Waals surface area contributed by atoms with Crippen molar-refractivity contribution in [3.05, 3.63) is 93.0 Å². The molecule has 0 aromatic heterocycles. The van der Waals surface area contributed by atoms with Crippen molar-refractivity contribution in [3.8, 4) is 11.5 Å². The molecule has 0 radical (unpaired) electrons. The van der Waals surface area contributed by atoms with Crippen LogP contribution in [0.3, 0.4) is 0 Å². The van der Waals surface area contributed by atoms with Crippen LogP contribution in [0.4, 0.5) is 20.2 Å². The number of piperazine rings is 1. The van der Waals surface area contributed by atoms with Crippen molar-refractivity contribution in [1.82, 2.24) is 4.90 Å². The fourth-order valence-electron chi connectivity index (χ4n) is 5.55. The summed E-state index contributed by atoms with van der Waals surface area (Å²) in [5.74, 6) is -1.20. The van der Waals surface area contributed by atoms with E-state index in [4.69, 9.17) is 14.2 Å². The van der Waals surface area contributed by atoms with Gasteiger partial charge in [-0.25, -0.2) is 13.6 Å². The number of esters is 1. The van der Waals surface area contributed by atoms with E-state index in [1.54, 1.807) is 0 Å². The Bertz CT molecular complexity index is 1430. The molecule has 0 N–H and O–H groups in total. The number of carbonyl (C=O) groups excluding carboxylic acids is 1. The predicted octanol–water partition coefficient (Wildman–Crippen LogP) is 4.29. The molecule has 9 nitrogen and oxygen atoms in total. The maximum atomic E-state index is 14.3. The highest BCUT2D eigenvalue weighted by Crippen LogP contribution is 2.42. The Morgan fingerprint density at radius 3 is 2.44 bits per heavy atom. The molecule has 1 fully saturated rings. The molecule has 1 saturated heterocycles. The van der Waals surface area contributed by atoms with E-state index in [2.05, 4.69) is 9.80 Å². The summed E-state index contributed by atoms with van der Waals surface area (Å²) in [6, 6.07) is 12.8. The minimum atomic E-state index is -1.01. The lowest BCUT2D eigenvalue weighted by molar-refractivity contribution is -0.384. The molecule has 2 aliphatic heterocycles. The smallest absolute Gasteiger partial charge is 0.338 e. The number of ether oxygens (including phenoxy) is 3. The maximum absolute atomic E-state index is 14.3. The summed E-state index contributed by atoms with van der Waals surface area (Å²) >= 11 is 0. The van der Waals surface area contributed by atoms with Gasteiger partial charge in [0.05, 0.1) is 22.2 Å². The number of hydrogen-bond donors (Lipinski definition) is 0. The van der Waals surface area contributed by atoms with Gasteiger partial charge in [-0.3, -0.25) is 15.0 Å². The molecule has 6 rings (SSSR count). The molecule has 0 bridgehead atoms. The molecule has 3 aromatic rings. The number of nitrogens with zero attached hydrogens (tertiary/aromatic N) is 3. The summed E-state index contributed by atoms with van der Waals surface area (Å²) < 4.78 is 45.8. The van der Waals surface area contributed by atoms with Crippen LogP contribution in [0.5, 0.6) is 11.5 Å². The Balaban J connectivity index is 1.22. The molecule has 2 atom stereocenters. The zero-order chi connectivity index (χ0) is 27.1. The average Bonchev–Trinajstić information content (AvgIpc) is 3.29. The number of halogens is 2. The first-order valence-corrected chi connectivity index (χ1v) is 12.7. The van der Waals surface area contributed by atoms with Crippen LogP contribution in [0.1, 0.15) is 27.6 Å². The molecule has 202 valence electrons. The van der Waals surface area contributed by atoms with Gasteiger partial charge in [0.1, 0.15) is 19.3 Å². The highest BCUT2D eigenvalue weighted by Gasteiger charge is 2.41. The van der Waals surface area contributed by atoms with E-state index in [0.717, 1.165) is 23.3 Å². The van der Waals surface area contributed by atoms with Gasteiger partial charge in [-0.15, -0.1) is 0 Å². The third-order valence-electron chi connectivity index (χ3n) is 7.48. The van der Waals surface area contributed by atoms with Gasteiger partial charge in [-0.1, -0.05) is 6.07 Å². The number of rotatable bonds is 5. The summed E-state index contributed by atoms with van der Waals surface area (Å²) in [5, 5.41) is 11.0. The molecule has 0 amide bonds. The summed E-state index contributed by atoms with van der Waals surface area (Å²) in [7, 11) is 0. The number of fused-ring (bicyclic) bond motifs is 2. The second-order valence-corrected chi connectivity index (χ2v) is 9.69. The van der Waals surface area contributed by atoms with Crippen LogP contribution in [0.25, 0.3) is 0 Å². The second kappa shape index (κ2) is 10.1. The molecular formula is C28H25F2N3O6. The maximum Gasteiger partial charge on any atom is 0.338 e. The molecule has 0 saturated carbocycles. The number of nitro benzene ring substituents is 1. The van der Waals surface area contributed by atoms with Crippen LogP contribution >= 0.6 is 0 Å². The second-order valence-electron chi connectivity index (χ2n) is 9.69. The van der Waals surface area contributed by atoms with Gasteiger partial charge in [0.15, 0.2) is 23.1 Å². The summed E-state index contributed by atoms with van der Waals surface area (Å²) in [4.78, 5) is 27.8. The van der Waals surface area contributed by atoms with Crippen LogP contribution in [-0.2, 0) is 11.2 Å². The number of para-hydroxylation sites is 1. The van der Waals surface area contributed by atoms with Gasteiger partial charge < -0.3 is 19.1 Å². The van der Waals surface area contributed by atoms with E-state index in [-0.39, 0.29) is 17.3 Å². The number of anilines is 1. The highest BCUT2D eigenvalue weighted by atomic mass is 19.2. The fraction of sp³-hybridized carbons (Fsp3) is 0.321. The van der Waals surface area contributed by atoms with E-state index in [9.17, 15) is 23.7 Å². The Kier molecular flexibility index (Phi) is 6.51. The summed E-state index contributed by atoms with van der Waals surface area (Å²) in [5.41, 5.74) is 1.95. The average molecular weight is 538 g/mol. The number of benzene rings is 3. The van der Waals surface area contributed by atoms with Gasteiger partial charge in [-0.05, 0) is 48.4 Å². The third-order valence-corrected chi connectivity index (χ3v) is 7.48. The quantitative estimate of drug-likeness (QED) is 0.270. The van der Waals surface area contributed by atoms with Crippen LogP contribution in [0.2, 0.25) is 0 Å². The van der Waals surface area contributed by atoms with E-state index in [0.29, 0.717) is 56.9 Å². The monoisotopic (exact) mass is 537 g/mol. The van der Waals surface area contributed by atoms with Gasteiger partial charge in [0.2, 0.25) is 0 Å². The minimum absolute atomic E-state index is 0.135. The fourth-order valence-corrected chi connectivity index (χ4v) is 5.55. The normalized spacial score (nSPS) is 20.4. The SMILES string of the molecule is O=C(O[C@@H]1c2cc(F)c(F)cc2C[C@H]1N1CCN(c2cccc3c2OCCO3)CC1)c1ccc([N+](=O)[O-])cc1. The predicted molar refractivity (Wildman–Crippen MR) is 136 cm³/mol. The van der Waals surface area contributed by atoms with Crippen molar-refractivity contribution in [1.29, 1.82) is 0 Å². The van der Waals surface area contributed by atoms with E-state index >= 15 is 0 Å². The Hall–Kier alpha value is -4.25. The molecule has 39 heavy (non-hydrogen) atoms. The lowest BCUT2D eigenvalue weighted by atomic mass is 10.1. The third kappa shape index (κ3) is 4.74. The summed E-state index contributed by atoms with van der Waals surface area (Å²) in [6.45, 7) is 3.57. The molecule has 2 heterocycles. The zero-order valence-corrected chi connectivity index (χ0v) is 20.8. The first-order chi connectivity index (χ1) is 18.9. The van der Waals surface area contributed by atoms with Crippen molar-refractivity contribution in [3.63, 3.8) is 0 Å². The Morgan fingerprint density at radius 2 is 1.69 bits per heavy atom. The van der Waals surface area contributed by atoms with E-state index < -0.39 is 28.6 Å². The minimum Gasteiger partial charge on any atom is -0.486 e. The van der Waals surface area contributed by atoms with Crippen LogP contribution < -0.4 is 14.4 Å². The number of carbonyl (C=O) groups is 1. The van der Waals surface area contributed by atoms with Crippen LogP contribution in [0, 0.1) is 21.7 Å². The zero-order valence-electron chi connectivity index (χ0n) is 20.8. The molecule has 0 spiro atoms. The van der Waals surface area contributed by atoms with Crippen LogP contribution in [-0.4, -0.2) is 61.2 Å². The molecular weight excluding hydrogens is 512 g/mol. The van der Waals surface area contributed by atoms with Crippen molar-refractivity contribution >= 4 is 17.3 Å². The molecule has 1 aliphatic carbocycles. The molecule has 0 unspecified atom stereocenters. The first-order valence-electron chi connectivity index (χ1n) is 12.7. The standard InChI is InChI=1S/C28H25F2N3O6/c29-21-14-18-15-24(32-10-8-31(9-11-32)23-2-1-3-25-27(23)38-13-12-37-25)26(20(18)16-22(21)30)39-28(34)17-4-6-19(7-5-17)33(35)36/h1-7,14,16,24,26H,8-13,15H2/t24-,26-/m1/s1. The molecule has 3 aliphatic rings. The van der Waals surface area contributed by atoms with Crippen molar-refractivity contribution in [2.45, 2.75) is 18.6 Å². The number of non-ortho nitro benzene ring substituents is 1. The lowest BCUT2D eigenvalue weighted by Gasteiger charge is -2.41. The Morgan fingerprint density at radius 1 is 0.974 bits per heavy atom. The van der Waals surface area contributed by atoms with Crippen LogP contribution in [0.15, 0.2) is 54.6 Å². The topological polar surface area (TPSA) is 94.4 Å².